The van der Waals surface area contributed by atoms with Crippen LogP contribution < -0.4 is 10.6 Å². The highest BCUT2D eigenvalue weighted by atomic mass is 16.2. The molecule has 8 heteroatoms. The van der Waals surface area contributed by atoms with E-state index in [-0.39, 0.29) is 23.5 Å². The molecule has 0 aliphatic heterocycles. The molecule has 2 N–H and O–H groups in total. The van der Waals surface area contributed by atoms with Gasteiger partial charge < -0.3 is 10.6 Å². The fraction of sp³-hybridized carbons (Fsp3) is 0.318. The van der Waals surface area contributed by atoms with Gasteiger partial charge in [-0.25, -0.2) is 0 Å². The summed E-state index contributed by atoms with van der Waals surface area (Å²) in [4.78, 5) is 36.2. The molecular weight excluding hydrogens is 382 g/mol. The van der Waals surface area contributed by atoms with Crippen LogP contribution in [0, 0.1) is 5.92 Å². The maximum atomic E-state index is 12.8. The third-order valence-corrected chi connectivity index (χ3v) is 4.82. The summed E-state index contributed by atoms with van der Waals surface area (Å²) in [6.45, 7) is 7.02. The number of aromatic nitrogens is 3. The molecule has 2 aromatic heterocycles. The molecule has 3 aromatic rings. The number of rotatable bonds is 7. The quantitative estimate of drug-likeness (QED) is 0.626. The summed E-state index contributed by atoms with van der Waals surface area (Å²) >= 11 is 0. The predicted molar refractivity (Wildman–Crippen MR) is 114 cm³/mol. The number of carbonyl (C=O) groups excluding carboxylic acids is 3. The fourth-order valence-electron chi connectivity index (χ4n) is 3.20. The molecule has 0 aliphatic rings. The van der Waals surface area contributed by atoms with E-state index in [9.17, 15) is 14.4 Å². The van der Waals surface area contributed by atoms with Gasteiger partial charge in [0.15, 0.2) is 17.3 Å². The minimum Gasteiger partial charge on any atom is -0.342 e. The molecule has 1 atom stereocenters. The van der Waals surface area contributed by atoms with Crippen molar-refractivity contribution in [3.8, 4) is 11.4 Å². The summed E-state index contributed by atoms with van der Waals surface area (Å²) in [6.07, 6.45) is 2.18. The molecule has 8 nitrogen and oxygen atoms in total. The van der Waals surface area contributed by atoms with Crippen molar-refractivity contribution < 1.29 is 14.4 Å². The number of ketones is 1. The summed E-state index contributed by atoms with van der Waals surface area (Å²) in [5, 5.41) is 14.0. The number of carbonyl (C=O) groups is 3. The van der Waals surface area contributed by atoms with Crippen LogP contribution in [0.4, 0.5) is 5.69 Å². The number of benzene rings is 1. The Bertz CT molecular complexity index is 1090. The number of amides is 2. The molecule has 2 amide bonds. The van der Waals surface area contributed by atoms with E-state index in [1.54, 1.807) is 41.8 Å². The summed E-state index contributed by atoms with van der Waals surface area (Å²) in [5.74, 6) is 0.0247. The van der Waals surface area contributed by atoms with Crippen molar-refractivity contribution in [2.75, 3.05) is 5.32 Å². The number of hydrogen-bond donors (Lipinski definition) is 2. The topological polar surface area (TPSA) is 105 Å². The molecular formula is C22H25N5O3. The van der Waals surface area contributed by atoms with Crippen LogP contribution in [-0.4, -0.2) is 38.2 Å². The van der Waals surface area contributed by atoms with Gasteiger partial charge in [-0.3, -0.25) is 18.8 Å². The largest absolute Gasteiger partial charge is 0.342 e. The lowest BCUT2D eigenvalue weighted by Gasteiger charge is -2.19. The molecule has 156 valence electrons. The summed E-state index contributed by atoms with van der Waals surface area (Å²) in [5.41, 5.74) is 2.23. The first-order chi connectivity index (χ1) is 14.3. The number of hydrogen-bond acceptors (Lipinski definition) is 5. The maximum absolute atomic E-state index is 12.8. The van der Waals surface area contributed by atoms with Gasteiger partial charge in [0.1, 0.15) is 0 Å². The van der Waals surface area contributed by atoms with Crippen molar-refractivity contribution in [3.05, 3.63) is 48.2 Å². The van der Waals surface area contributed by atoms with E-state index < -0.39 is 6.04 Å². The normalized spacial score (nSPS) is 12.0. The molecule has 30 heavy (non-hydrogen) atoms. The maximum Gasteiger partial charge on any atom is 0.255 e. The Labute approximate surface area is 174 Å². The molecule has 0 saturated heterocycles. The number of fused-ring (bicyclic) bond motifs is 1. The van der Waals surface area contributed by atoms with Gasteiger partial charge in [0.25, 0.3) is 5.91 Å². The highest BCUT2D eigenvalue weighted by molar-refractivity contribution is 6.02. The van der Waals surface area contributed by atoms with Gasteiger partial charge in [0, 0.05) is 23.9 Å². The number of nitrogens with one attached hydrogen (secondary N) is 2. The minimum atomic E-state index is -0.564. The van der Waals surface area contributed by atoms with Gasteiger partial charge in [-0.15, -0.1) is 10.2 Å². The monoisotopic (exact) mass is 407 g/mol. The first kappa shape index (κ1) is 21.2. The Morgan fingerprint density at radius 1 is 1.07 bits per heavy atom. The SMILES string of the molecule is CCC(=O)Nc1ccc(-c2nnc3c(C(=O)N[C@H](C(C)=O)C(C)C)cccn23)cc1. The Balaban J connectivity index is 1.91. The van der Waals surface area contributed by atoms with E-state index in [2.05, 4.69) is 20.8 Å². The molecule has 1 aromatic carbocycles. The van der Waals surface area contributed by atoms with E-state index in [4.69, 9.17) is 0 Å². The van der Waals surface area contributed by atoms with Crippen LogP contribution in [0.3, 0.4) is 0 Å². The molecule has 2 heterocycles. The van der Waals surface area contributed by atoms with Crippen LogP contribution in [0.25, 0.3) is 17.0 Å². The summed E-state index contributed by atoms with van der Waals surface area (Å²) in [6, 6.07) is 10.1. The van der Waals surface area contributed by atoms with Crippen molar-refractivity contribution in [2.45, 2.75) is 40.2 Å². The zero-order valence-corrected chi connectivity index (χ0v) is 17.5. The number of pyridine rings is 1. The zero-order chi connectivity index (χ0) is 21.8. The Kier molecular flexibility index (Phi) is 6.25. The van der Waals surface area contributed by atoms with Gasteiger partial charge in [-0.1, -0.05) is 20.8 Å². The molecule has 0 saturated carbocycles. The van der Waals surface area contributed by atoms with E-state index in [0.717, 1.165) is 5.56 Å². The van der Waals surface area contributed by atoms with E-state index >= 15 is 0 Å². The molecule has 3 rings (SSSR count). The zero-order valence-electron chi connectivity index (χ0n) is 17.5. The molecule has 0 radical (unpaired) electrons. The van der Waals surface area contributed by atoms with Crippen LogP contribution in [0.5, 0.6) is 0 Å². The van der Waals surface area contributed by atoms with Gasteiger partial charge >= 0.3 is 0 Å². The Morgan fingerprint density at radius 2 is 1.77 bits per heavy atom. The van der Waals surface area contributed by atoms with Crippen LogP contribution in [-0.2, 0) is 9.59 Å². The van der Waals surface area contributed by atoms with Crippen LogP contribution >= 0.6 is 0 Å². The number of nitrogens with zero attached hydrogens (tertiary/aromatic N) is 3. The molecule has 0 spiro atoms. The van der Waals surface area contributed by atoms with Crippen LogP contribution in [0.1, 0.15) is 44.5 Å². The summed E-state index contributed by atoms with van der Waals surface area (Å²) < 4.78 is 1.73. The van der Waals surface area contributed by atoms with Gasteiger partial charge in [-0.05, 0) is 49.2 Å². The molecule has 0 unspecified atom stereocenters. The fourth-order valence-corrected chi connectivity index (χ4v) is 3.20. The van der Waals surface area contributed by atoms with Gasteiger partial charge in [0.2, 0.25) is 5.91 Å². The lowest BCUT2D eigenvalue weighted by Crippen LogP contribution is -2.43. The van der Waals surface area contributed by atoms with Gasteiger partial charge in [0.05, 0.1) is 11.6 Å². The number of anilines is 1. The second-order valence-corrected chi connectivity index (χ2v) is 7.42. The van der Waals surface area contributed by atoms with Crippen molar-refractivity contribution in [1.82, 2.24) is 19.9 Å². The lowest BCUT2D eigenvalue weighted by atomic mass is 10.0. The van der Waals surface area contributed by atoms with E-state index in [0.29, 0.717) is 29.1 Å². The smallest absolute Gasteiger partial charge is 0.255 e. The first-order valence-electron chi connectivity index (χ1n) is 9.87. The Hall–Kier alpha value is -3.55. The standard InChI is InChI=1S/C22H25N5O3/c1-5-18(29)23-16-10-8-15(9-11-16)20-25-26-21-17(7-6-12-27(20)21)22(30)24-19(13(2)3)14(4)28/h6-13,19H,5H2,1-4H3,(H,23,29)(H,24,30)/t19-/m0/s1. The summed E-state index contributed by atoms with van der Waals surface area (Å²) in [7, 11) is 0. The third kappa shape index (κ3) is 4.37. The average Bonchev–Trinajstić information content (AvgIpc) is 3.16. The van der Waals surface area contributed by atoms with Crippen molar-refractivity contribution in [3.63, 3.8) is 0 Å². The van der Waals surface area contributed by atoms with Gasteiger partial charge in [-0.2, -0.15) is 0 Å². The van der Waals surface area contributed by atoms with E-state index in [1.165, 1.54) is 6.92 Å². The average molecular weight is 407 g/mol. The van der Waals surface area contributed by atoms with Crippen LogP contribution in [0.2, 0.25) is 0 Å². The lowest BCUT2D eigenvalue weighted by molar-refractivity contribution is -0.119. The number of Topliss-reactive ketones (excluding diaryl/α,β-unsaturated/α-hetero) is 1. The second kappa shape index (κ2) is 8.86. The molecule has 0 bridgehead atoms. The van der Waals surface area contributed by atoms with E-state index in [1.807, 2.05) is 26.0 Å². The first-order valence-corrected chi connectivity index (χ1v) is 9.87. The second-order valence-electron chi connectivity index (χ2n) is 7.42. The molecule has 0 aliphatic carbocycles. The minimum absolute atomic E-state index is 0.0219. The highest BCUT2D eigenvalue weighted by Gasteiger charge is 2.23. The molecule has 0 fully saturated rings. The van der Waals surface area contributed by atoms with Crippen molar-refractivity contribution >= 4 is 28.9 Å². The third-order valence-electron chi connectivity index (χ3n) is 4.82. The van der Waals surface area contributed by atoms with Crippen LogP contribution in [0.15, 0.2) is 42.6 Å². The van der Waals surface area contributed by atoms with Crippen molar-refractivity contribution in [2.24, 2.45) is 5.92 Å². The van der Waals surface area contributed by atoms with Crippen molar-refractivity contribution in [1.29, 1.82) is 0 Å². The Morgan fingerprint density at radius 3 is 2.37 bits per heavy atom. The predicted octanol–water partition coefficient (Wildman–Crippen LogP) is 3.09. The highest BCUT2D eigenvalue weighted by Crippen LogP contribution is 2.22.